The van der Waals surface area contributed by atoms with Gasteiger partial charge in [-0.15, -0.1) is 0 Å². The summed E-state index contributed by atoms with van der Waals surface area (Å²) in [6.07, 6.45) is 0. The van der Waals surface area contributed by atoms with E-state index >= 15 is 0 Å². The van der Waals surface area contributed by atoms with Crippen LogP contribution in [0.3, 0.4) is 0 Å². The van der Waals surface area contributed by atoms with E-state index in [1.807, 2.05) is 36.4 Å². The molecule has 0 bridgehead atoms. The summed E-state index contributed by atoms with van der Waals surface area (Å²) in [5.74, 6) is 0.464. The zero-order valence-electron chi connectivity index (χ0n) is 9.34. The van der Waals surface area contributed by atoms with Crippen molar-refractivity contribution in [3.05, 3.63) is 48.0 Å². The molecule has 0 radical (unpaired) electrons. The highest BCUT2D eigenvalue weighted by Crippen LogP contribution is 2.33. The molecule has 0 amide bonds. The van der Waals surface area contributed by atoms with E-state index in [1.165, 1.54) is 13.2 Å². The van der Waals surface area contributed by atoms with Gasteiger partial charge < -0.3 is 9.84 Å². The lowest BCUT2D eigenvalue weighted by Crippen LogP contribution is -1.89. The maximum Gasteiger partial charge on any atom is 0.137 e. The molecule has 2 rings (SSSR count). The second kappa shape index (κ2) is 4.58. The van der Waals surface area contributed by atoms with Gasteiger partial charge in [-0.3, -0.25) is 0 Å². The molecule has 0 aliphatic rings. The summed E-state index contributed by atoms with van der Waals surface area (Å²) in [6.45, 7) is 0. The van der Waals surface area contributed by atoms with E-state index in [0.29, 0.717) is 11.3 Å². The van der Waals surface area contributed by atoms with Crippen LogP contribution in [0.5, 0.6) is 11.5 Å². The van der Waals surface area contributed by atoms with Crippen molar-refractivity contribution in [1.82, 2.24) is 0 Å². The minimum Gasteiger partial charge on any atom is -0.506 e. The number of phenols is 1. The quantitative estimate of drug-likeness (QED) is 0.854. The van der Waals surface area contributed by atoms with Gasteiger partial charge in [-0.05, 0) is 11.6 Å². The number of benzene rings is 2. The zero-order valence-corrected chi connectivity index (χ0v) is 9.34. The van der Waals surface area contributed by atoms with Crippen LogP contribution in [0.4, 0.5) is 0 Å². The number of ether oxygens (including phenoxy) is 1. The van der Waals surface area contributed by atoms with Crippen LogP contribution in [0.25, 0.3) is 11.1 Å². The minimum atomic E-state index is -0.0642. The Bertz CT molecular complexity index is 571. The number of hydrogen-bond donors (Lipinski definition) is 1. The topological polar surface area (TPSA) is 53.2 Å². The van der Waals surface area contributed by atoms with Crippen LogP contribution in [-0.2, 0) is 0 Å². The van der Waals surface area contributed by atoms with Crippen LogP contribution < -0.4 is 4.74 Å². The fraction of sp³-hybridized carbons (Fsp3) is 0.0714. The molecule has 0 spiro atoms. The molecule has 0 unspecified atom stereocenters. The minimum absolute atomic E-state index is 0.0642. The molecule has 2 aromatic carbocycles. The number of nitrogens with zero attached hydrogens (tertiary/aromatic N) is 1. The van der Waals surface area contributed by atoms with Crippen molar-refractivity contribution in [1.29, 1.82) is 5.26 Å². The van der Waals surface area contributed by atoms with Crippen LogP contribution >= 0.6 is 0 Å². The Morgan fingerprint density at radius 2 is 1.88 bits per heavy atom. The van der Waals surface area contributed by atoms with Gasteiger partial charge in [0.15, 0.2) is 0 Å². The summed E-state index contributed by atoms with van der Waals surface area (Å²) in [5.41, 5.74) is 1.81. The third kappa shape index (κ3) is 2.06. The summed E-state index contributed by atoms with van der Waals surface area (Å²) in [6, 6.07) is 14.6. The number of hydrogen-bond acceptors (Lipinski definition) is 3. The van der Waals surface area contributed by atoms with Crippen LogP contribution in [0.2, 0.25) is 0 Å². The van der Waals surface area contributed by atoms with Gasteiger partial charge in [0.1, 0.15) is 23.1 Å². The summed E-state index contributed by atoms with van der Waals surface area (Å²) in [7, 11) is 1.52. The lowest BCUT2D eigenvalue weighted by Gasteiger charge is -2.09. The van der Waals surface area contributed by atoms with E-state index in [9.17, 15) is 5.11 Å². The molecule has 0 saturated heterocycles. The Morgan fingerprint density at radius 1 is 1.18 bits per heavy atom. The van der Waals surface area contributed by atoms with Crippen LogP contribution in [0.1, 0.15) is 5.56 Å². The molecule has 3 heteroatoms. The van der Waals surface area contributed by atoms with Crippen molar-refractivity contribution in [3.8, 4) is 28.7 Å². The third-order valence-corrected chi connectivity index (χ3v) is 2.52. The van der Waals surface area contributed by atoms with Crippen LogP contribution in [-0.4, -0.2) is 12.2 Å². The Labute approximate surface area is 99.5 Å². The summed E-state index contributed by atoms with van der Waals surface area (Å²) >= 11 is 0. The van der Waals surface area contributed by atoms with Gasteiger partial charge in [0.25, 0.3) is 0 Å². The molecule has 0 fully saturated rings. The predicted molar refractivity (Wildman–Crippen MR) is 64.8 cm³/mol. The summed E-state index contributed by atoms with van der Waals surface area (Å²) in [4.78, 5) is 0. The van der Waals surface area contributed by atoms with E-state index in [2.05, 4.69) is 0 Å². The molecule has 0 aromatic heterocycles. The molecule has 3 nitrogen and oxygen atoms in total. The van der Waals surface area contributed by atoms with Crippen LogP contribution in [0.15, 0.2) is 42.5 Å². The maximum absolute atomic E-state index is 9.76. The normalized spacial score (nSPS) is 9.65. The first-order valence-electron chi connectivity index (χ1n) is 5.12. The predicted octanol–water partition coefficient (Wildman–Crippen LogP) is 2.94. The first-order valence-corrected chi connectivity index (χ1v) is 5.12. The molecule has 0 atom stereocenters. The molecule has 84 valence electrons. The molecule has 0 heterocycles. The fourth-order valence-corrected chi connectivity index (χ4v) is 1.68. The van der Waals surface area contributed by atoms with Gasteiger partial charge in [0.05, 0.1) is 7.11 Å². The largest absolute Gasteiger partial charge is 0.506 e. The Morgan fingerprint density at radius 3 is 2.47 bits per heavy atom. The number of nitriles is 1. The first kappa shape index (κ1) is 11.0. The molecule has 0 aliphatic carbocycles. The van der Waals surface area contributed by atoms with Crippen molar-refractivity contribution >= 4 is 0 Å². The van der Waals surface area contributed by atoms with Crippen molar-refractivity contribution < 1.29 is 9.84 Å². The lowest BCUT2D eigenvalue weighted by atomic mass is 9.99. The number of methoxy groups -OCH3 is 1. The maximum atomic E-state index is 9.76. The Hall–Kier alpha value is -2.47. The first-order chi connectivity index (χ1) is 8.26. The molecular formula is C14H11NO2. The van der Waals surface area contributed by atoms with Gasteiger partial charge in [-0.25, -0.2) is 0 Å². The lowest BCUT2D eigenvalue weighted by molar-refractivity contribution is 0.407. The van der Waals surface area contributed by atoms with Gasteiger partial charge in [-0.1, -0.05) is 30.3 Å². The zero-order chi connectivity index (χ0) is 12.3. The molecular weight excluding hydrogens is 214 g/mol. The van der Waals surface area contributed by atoms with E-state index in [4.69, 9.17) is 10.00 Å². The standard InChI is InChI=1S/C14H11NO2/c1-17-11-7-12(10-5-3-2-4-6-10)13(9-15)14(16)8-11/h2-8,16H,1H3. The SMILES string of the molecule is COc1cc(O)c(C#N)c(-c2ccccc2)c1. The van der Waals surface area contributed by atoms with Gasteiger partial charge in [0, 0.05) is 11.6 Å². The Kier molecular flexibility index (Phi) is 2.97. The van der Waals surface area contributed by atoms with Gasteiger partial charge >= 0.3 is 0 Å². The molecule has 1 N–H and O–H groups in total. The molecule has 0 saturated carbocycles. The second-order valence-corrected chi connectivity index (χ2v) is 3.55. The van der Waals surface area contributed by atoms with E-state index in [0.717, 1.165) is 5.56 Å². The highest BCUT2D eigenvalue weighted by atomic mass is 16.5. The fourth-order valence-electron chi connectivity index (χ4n) is 1.68. The monoisotopic (exact) mass is 225 g/mol. The van der Waals surface area contributed by atoms with E-state index in [-0.39, 0.29) is 11.3 Å². The van der Waals surface area contributed by atoms with E-state index in [1.54, 1.807) is 6.07 Å². The van der Waals surface area contributed by atoms with Crippen molar-refractivity contribution in [2.45, 2.75) is 0 Å². The van der Waals surface area contributed by atoms with E-state index < -0.39 is 0 Å². The molecule has 2 aromatic rings. The highest BCUT2D eigenvalue weighted by Gasteiger charge is 2.11. The smallest absolute Gasteiger partial charge is 0.137 e. The average Bonchev–Trinajstić information content (AvgIpc) is 2.38. The molecule has 17 heavy (non-hydrogen) atoms. The number of phenolic OH excluding ortho intramolecular Hbond substituents is 1. The molecule has 0 aliphatic heterocycles. The van der Waals surface area contributed by atoms with Gasteiger partial charge in [0.2, 0.25) is 0 Å². The van der Waals surface area contributed by atoms with Crippen molar-refractivity contribution in [2.24, 2.45) is 0 Å². The number of rotatable bonds is 2. The average molecular weight is 225 g/mol. The van der Waals surface area contributed by atoms with Crippen LogP contribution in [0, 0.1) is 11.3 Å². The van der Waals surface area contributed by atoms with Crippen molar-refractivity contribution in [3.63, 3.8) is 0 Å². The third-order valence-electron chi connectivity index (χ3n) is 2.52. The summed E-state index contributed by atoms with van der Waals surface area (Å²) < 4.78 is 5.09. The second-order valence-electron chi connectivity index (χ2n) is 3.55. The van der Waals surface area contributed by atoms with Crippen molar-refractivity contribution in [2.75, 3.05) is 7.11 Å². The highest BCUT2D eigenvalue weighted by molar-refractivity contribution is 5.75. The van der Waals surface area contributed by atoms with Gasteiger partial charge in [-0.2, -0.15) is 5.26 Å². The summed E-state index contributed by atoms with van der Waals surface area (Å²) in [5, 5.41) is 18.8. The number of aromatic hydroxyl groups is 1. The Balaban J connectivity index is 2.68.